The lowest BCUT2D eigenvalue weighted by molar-refractivity contribution is -0.119. The Morgan fingerprint density at radius 2 is 1.85 bits per heavy atom. The molecule has 1 amide bonds. The van der Waals surface area contributed by atoms with Gasteiger partial charge in [-0.1, -0.05) is 37.1 Å². The third kappa shape index (κ3) is 2.70. The third-order valence-corrected chi connectivity index (χ3v) is 8.11. The number of nitrogens with zero attached hydrogens (tertiary/aromatic N) is 1. The average Bonchev–Trinajstić information content (AvgIpc) is 2.96. The van der Waals surface area contributed by atoms with Gasteiger partial charge in [-0.05, 0) is 74.6 Å². The lowest BCUT2D eigenvalue weighted by atomic mass is 9.66. The summed E-state index contributed by atoms with van der Waals surface area (Å²) in [6.45, 7) is 4.14. The number of carbonyl (C=O) groups excluding carboxylic acids is 1. The molecule has 26 heavy (non-hydrogen) atoms. The van der Waals surface area contributed by atoms with Crippen molar-refractivity contribution >= 4 is 5.91 Å². The first-order chi connectivity index (χ1) is 12.6. The maximum absolute atomic E-state index is 11.7. The van der Waals surface area contributed by atoms with Gasteiger partial charge in [0.2, 0.25) is 5.91 Å². The van der Waals surface area contributed by atoms with Gasteiger partial charge in [0.25, 0.3) is 0 Å². The lowest BCUT2D eigenvalue weighted by Gasteiger charge is -2.51. The molecule has 2 atom stereocenters. The van der Waals surface area contributed by atoms with Crippen LogP contribution in [-0.4, -0.2) is 29.9 Å². The third-order valence-electron chi connectivity index (χ3n) is 8.11. The van der Waals surface area contributed by atoms with Gasteiger partial charge in [-0.25, -0.2) is 0 Å². The molecule has 2 bridgehead atoms. The predicted octanol–water partition coefficient (Wildman–Crippen LogP) is 4.18. The Hall–Kier alpha value is -1.35. The molecule has 3 heteroatoms. The minimum absolute atomic E-state index is 0.0949. The van der Waals surface area contributed by atoms with Crippen molar-refractivity contribution in [1.82, 2.24) is 10.2 Å². The Morgan fingerprint density at radius 1 is 1.12 bits per heavy atom. The van der Waals surface area contributed by atoms with E-state index < -0.39 is 0 Å². The van der Waals surface area contributed by atoms with Gasteiger partial charge >= 0.3 is 0 Å². The molecule has 5 aliphatic rings. The van der Waals surface area contributed by atoms with Crippen LogP contribution in [0.4, 0.5) is 0 Å². The fourth-order valence-corrected chi connectivity index (χ4v) is 6.82. The van der Waals surface area contributed by atoms with Crippen molar-refractivity contribution in [3.63, 3.8) is 0 Å². The largest absolute Gasteiger partial charge is 0.349 e. The van der Waals surface area contributed by atoms with Crippen LogP contribution in [0.15, 0.2) is 24.3 Å². The molecule has 4 fully saturated rings. The predicted molar refractivity (Wildman–Crippen MR) is 104 cm³/mol. The molecule has 4 aliphatic carbocycles. The van der Waals surface area contributed by atoms with Crippen LogP contribution in [0.1, 0.15) is 75.5 Å². The Morgan fingerprint density at radius 3 is 2.50 bits per heavy atom. The summed E-state index contributed by atoms with van der Waals surface area (Å²) in [5.74, 6) is 2.08. The van der Waals surface area contributed by atoms with Gasteiger partial charge in [0.05, 0.1) is 6.04 Å². The van der Waals surface area contributed by atoms with Gasteiger partial charge in [0.15, 0.2) is 0 Å². The molecule has 3 nitrogen and oxygen atoms in total. The molecular weight excluding hydrogens is 320 g/mol. The van der Waals surface area contributed by atoms with Gasteiger partial charge in [0, 0.05) is 18.4 Å². The second-order valence-corrected chi connectivity index (χ2v) is 9.44. The van der Waals surface area contributed by atoms with Gasteiger partial charge in [-0.3, -0.25) is 4.79 Å². The molecule has 0 aromatic heterocycles. The van der Waals surface area contributed by atoms with Gasteiger partial charge in [-0.2, -0.15) is 0 Å². The zero-order chi connectivity index (χ0) is 17.7. The van der Waals surface area contributed by atoms with Crippen molar-refractivity contribution in [3.05, 3.63) is 35.4 Å². The molecule has 1 saturated heterocycles. The molecule has 0 radical (unpaired) electrons. The van der Waals surface area contributed by atoms with E-state index in [0.717, 1.165) is 24.3 Å². The SMILES string of the molecule is CC(=O)N[C@H]1CC2(CCN([C@@H]3C[C@H]4CC[C@H]3CC4)CC2)c2ccccc21. The van der Waals surface area contributed by atoms with E-state index in [1.54, 1.807) is 6.92 Å². The normalized spacial score (nSPS) is 35.4. The highest BCUT2D eigenvalue weighted by Gasteiger charge is 2.47. The molecule has 1 aromatic carbocycles. The summed E-state index contributed by atoms with van der Waals surface area (Å²) in [5, 5.41) is 3.21. The topological polar surface area (TPSA) is 32.3 Å². The zero-order valence-electron chi connectivity index (χ0n) is 16.0. The number of amides is 1. The standard InChI is InChI=1S/C23H32N2O/c1-16(26)24-21-15-23(20-5-3-2-4-19(20)21)10-12-25(13-11-23)22-14-17-6-8-18(22)9-7-17/h2-5,17-18,21-22H,6-15H2,1H3,(H,24,26)/t17-,18-,21-,22+/m0/s1. The molecular formula is C23H32N2O. The maximum atomic E-state index is 11.7. The Kier molecular flexibility index (Phi) is 4.11. The summed E-state index contributed by atoms with van der Waals surface area (Å²) in [6, 6.07) is 9.94. The molecule has 0 unspecified atom stereocenters. The number of piperidine rings is 1. The number of likely N-dealkylation sites (tertiary alicyclic amines) is 1. The fourth-order valence-electron chi connectivity index (χ4n) is 6.82. The minimum atomic E-state index is 0.0949. The van der Waals surface area contributed by atoms with E-state index in [1.807, 2.05) is 0 Å². The molecule has 1 spiro atoms. The van der Waals surface area contributed by atoms with E-state index in [2.05, 4.69) is 34.5 Å². The number of hydrogen-bond donors (Lipinski definition) is 1. The van der Waals surface area contributed by atoms with Crippen LogP contribution in [-0.2, 0) is 10.2 Å². The van der Waals surface area contributed by atoms with E-state index in [1.165, 1.54) is 69.2 Å². The second kappa shape index (κ2) is 6.37. The number of fused-ring (bicyclic) bond motifs is 5. The highest BCUT2D eigenvalue weighted by atomic mass is 16.1. The number of hydrogen-bond acceptors (Lipinski definition) is 2. The molecule has 140 valence electrons. The highest BCUT2D eigenvalue weighted by molar-refractivity contribution is 5.73. The molecule has 1 aromatic rings. The van der Waals surface area contributed by atoms with Crippen molar-refractivity contribution < 1.29 is 4.79 Å². The van der Waals surface area contributed by atoms with Crippen LogP contribution in [0.2, 0.25) is 0 Å². The van der Waals surface area contributed by atoms with Crippen molar-refractivity contribution in [3.8, 4) is 0 Å². The number of rotatable bonds is 2. The lowest BCUT2D eigenvalue weighted by Crippen LogP contribution is -2.52. The Balaban J connectivity index is 1.33. The van der Waals surface area contributed by atoms with Crippen LogP contribution in [0.3, 0.4) is 0 Å². The quantitative estimate of drug-likeness (QED) is 0.866. The van der Waals surface area contributed by atoms with Gasteiger partial charge < -0.3 is 10.2 Å². The maximum Gasteiger partial charge on any atom is 0.217 e. The summed E-state index contributed by atoms with van der Waals surface area (Å²) in [5.41, 5.74) is 3.17. The summed E-state index contributed by atoms with van der Waals surface area (Å²) < 4.78 is 0. The van der Waals surface area contributed by atoms with E-state index in [0.29, 0.717) is 0 Å². The van der Waals surface area contributed by atoms with Gasteiger partial charge in [-0.15, -0.1) is 0 Å². The molecule has 3 saturated carbocycles. The average molecular weight is 353 g/mol. The Labute approximate surface area is 157 Å². The first-order valence-corrected chi connectivity index (χ1v) is 10.8. The van der Waals surface area contributed by atoms with Crippen LogP contribution >= 0.6 is 0 Å². The smallest absolute Gasteiger partial charge is 0.217 e. The van der Waals surface area contributed by atoms with E-state index in [-0.39, 0.29) is 17.4 Å². The van der Waals surface area contributed by atoms with Crippen molar-refractivity contribution in [2.75, 3.05) is 13.1 Å². The molecule has 1 aliphatic heterocycles. The first kappa shape index (κ1) is 16.8. The summed E-state index contributed by atoms with van der Waals surface area (Å²) in [6.07, 6.45) is 11.0. The second-order valence-electron chi connectivity index (χ2n) is 9.44. The van der Waals surface area contributed by atoms with Crippen molar-refractivity contribution in [1.29, 1.82) is 0 Å². The zero-order valence-corrected chi connectivity index (χ0v) is 16.0. The summed E-state index contributed by atoms with van der Waals surface area (Å²) >= 11 is 0. The molecule has 1 N–H and O–H groups in total. The van der Waals surface area contributed by atoms with Crippen LogP contribution in [0.5, 0.6) is 0 Å². The van der Waals surface area contributed by atoms with E-state index in [9.17, 15) is 4.79 Å². The van der Waals surface area contributed by atoms with Crippen LogP contribution < -0.4 is 5.32 Å². The van der Waals surface area contributed by atoms with Crippen molar-refractivity contribution in [2.24, 2.45) is 11.8 Å². The fraction of sp³-hybridized carbons (Fsp3) is 0.696. The van der Waals surface area contributed by atoms with Crippen molar-refractivity contribution in [2.45, 2.75) is 75.8 Å². The highest BCUT2D eigenvalue weighted by Crippen LogP contribution is 2.52. The number of benzene rings is 1. The number of carbonyl (C=O) groups is 1. The van der Waals surface area contributed by atoms with E-state index in [4.69, 9.17) is 0 Å². The summed E-state index contributed by atoms with van der Waals surface area (Å²) in [7, 11) is 0. The first-order valence-electron chi connectivity index (χ1n) is 10.8. The van der Waals surface area contributed by atoms with E-state index >= 15 is 0 Å². The minimum Gasteiger partial charge on any atom is -0.349 e. The van der Waals surface area contributed by atoms with Crippen LogP contribution in [0, 0.1) is 11.8 Å². The molecule has 6 rings (SSSR count). The molecule has 1 heterocycles. The summed E-state index contributed by atoms with van der Waals surface area (Å²) in [4.78, 5) is 14.5. The monoisotopic (exact) mass is 352 g/mol. The van der Waals surface area contributed by atoms with Crippen LogP contribution in [0.25, 0.3) is 0 Å². The number of nitrogens with one attached hydrogen (secondary N) is 1. The van der Waals surface area contributed by atoms with Gasteiger partial charge in [0.1, 0.15) is 0 Å². The Bertz CT molecular complexity index is 683.